The molecule has 1 rings (SSSR count). The maximum atomic E-state index is 5.51. The number of nitrogens with zero attached hydrogens (tertiary/aromatic N) is 2. The number of nitrogens with one attached hydrogen (secondary N) is 1. The molecule has 0 fully saturated rings. The number of hydrazone groups is 1. The van der Waals surface area contributed by atoms with Gasteiger partial charge in [0.25, 0.3) is 0 Å². The zero-order chi connectivity index (χ0) is 8.97. The minimum Gasteiger partial charge on any atom is -0.383 e. The number of aromatic nitrogens is 1. The molecule has 6 heteroatoms. The first-order chi connectivity index (χ1) is 5.75. The molecule has 0 unspecified atom stereocenters. The van der Waals surface area contributed by atoms with Crippen LogP contribution in [0.5, 0.6) is 0 Å². The third kappa shape index (κ3) is 1.61. The van der Waals surface area contributed by atoms with E-state index in [1.807, 2.05) is 0 Å². The van der Waals surface area contributed by atoms with Gasteiger partial charge in [-0.3, -0.25) is 0 Å². The summed E-state index contributed by atoms with van der Waals surface area (Å²) >= 11 is 0. The largest absolute Gasteiger partial charge is 0.383 e. The lowest BCUT2D eigenvalue weighted by Crippen LogP contribution is -2.24. The van der Waals surface area contributed by atoms with Gasteiger partial charge in [0.05, 0.1) is 5.56 Å². The third-order valence-electron chi connectivity index (χ3n) is 1.30. The molecule has 0 bridgehead atoms. The first-order valence-electron chi connectivity index (χ1n) is 3.25. The predicted molar refractivity (Wildman–Crippen MR) is 46.7 cm³/mol. The van der Waals surface area contributed by atoms with Crippen LogP contribution in [-0.4, -0.2) is 10.8 Å². The van der Waals surface area contributed by atoms with E-state index in [1.165, 1.54) is 0 Å². The van der Waals surface area contributed by atoms with Crippen LogP contribution in [0.2, 0.25) is 0 Å². The molecular formula is C6H10N6. The number of nitrogens with two attached hydrogens (primary N) is 3. The molecule has 0 aliphatic rings. The Morgan fingerprint density at radius 2 is 2.33 bits per heavy atom. The predicted octanol–water partition coefficient (Wildman–Crippen LogP) is -1.25. The average Bonchev–Trinajstić information content (AvgIpc) is 2.05. The SMILES string of the molecule is NN/N=C(\N)c1cccnc1N. The van der Waals surface area contributed by atoms with Crippen LogP contribution in [-0.2, 0) is 0 Å². The summed E-state index contributed by atoms with van der Waals surface area (Å²) in [6.07, 6.45) is 1.57. The monoisotopic (exact) mass is 166 g/mol. The van der Waals surface area contributed by atoms with Gasteiger partial charge in [0.15, 0.2) is 5.84 Å². The highest BCUT2D eigenvalue weighted by Gasteiger charge is 2.02. The number of rotatable bonds is 2. The lowest BCUT2D eigenvalue weighted by molar-refractivity contribution is 0.804. The standard InChI is InChI=1S/C6H10N6/c7-5-4(2-1-3-10-5)6(8)11-12-9/h1-3,12H,9H2,(H2,7,10)(H2,8,11). The first kappa shape index (κ1) is 8.28. The fourth-order valence-electron chi connectivity index (χ4n) is 0.764. The van der Waals surface area contributed by atoms with Crippen LogP contribution >= 0.6 is 0 Å². The summed E-state index contributed by atoms with van der Waals surface area (Å²) in [5, 5.41) is 3.56. The molecule has 1 aromatic heterocycles. The third-order valence-corrected chi connectivity index (χ3v) is 1.30. The Bertz CT molecular complexity index is 294. The van der Waals surface area contributed by atoms with Gasteiger partial charge < -0.3 is 11.5 Å². The van der Waals surface area contributed by atoms with Gasteiger partial charge in [-0.1, -0.05) is 0 Å². The second-order valence-corrected chi connectivity index (χ2v) is 2.06. The molecule has 0 amide bonds. The summed E-state index contributed by atoms with van der Waals surface area (Å²) in [5.41, 5.74) is 13.6. The van der Waals surface area contributed by atoms with Crippen molar-refractivity contribution in [3.8, 4) is 0 Å². The van der Waals surface area contributed by atoms with E-state index in [4.69, 9.17) is 17.3 Å². The van der Waals surface area contributed by atoms with Crippen LogP contribution in [0.3, 0.4) is 0 Å². The number of hydrazine groups is 1. The lowest BCUT2D eigenvalue weighted by Gasteiger charge is -2.01. The van der Waals surface area contributed by atoms with Gasteiger partial charge in [-0.25, -0.2) is 16.4 Å². The number of hydrogen-bond acceptors (Lipinski definition) is 5. The van der Waals surface area contributed by atoms with Gasteiger partial charge in [-0.15, -0.1) is 5.10 Å². The molecule has 0 radical (unpaired) electrons. The summed E-state index contributed by atoms with van der Waals surface area (Å²) in [6, 6.07) is 3.42. The number of amidine groups is 1. The lowest BCUT2D eigenvalue weighted by atomic mass is 10.2. The minimum atomic E-state index is 0.211. The fourth-order valence-corrected chi connectivity index (χ4v) is 0.764. The highest BCUT2D eigenvalue weighted by Crippen LogP contribution is 2.04. The molecule has 6 nitrogen and oxygen atoms in total. The Hall–Kier alpha value is -1.82. The van der Waals surface area contributed by atoms with E-state index in [2.05, 4.69) is 15.6 Å². The van der Waals surface area contributed by atoms with Crippen LogP contribution in [0, 0.1) is 0 Å². The van der Waals surface area contributed by atoms with Crippen molar-refractivity contribution in [2.75, 3.05) is 5.73 Å². The molecule has 1 heterocycles. The first-order valence-corrected chi connectivity index (χ1v) is 3.25. The molecule has 1 aromatic rings. The molecule has 0 aliphatic carbocycles. The van der Waals surface area contributed by atoms with E-state index >= 15 is 0 Å². The van der Waals surface area contributed by atoms with Gasteiger partial charge in [-0.05, 0) is 12.1 Å². The van der Waals surface area contributed by atoms with Crippen LogP contribution in [0.15, 0.2) is 23.4 Å². The average molecular weight is 166 g/mol. The van der Waals surface area contributed by atoms with E-state index in [-0.39, 0.29) is 5.84 Å². The van der Waals surface area contributed by atoms with Crippen molar-refractivity contribution in [1.29, 1.82) is 0 Å². The Morgan fingerprint density at radius 1 is 1.58 bits per heavy atom. The quantitative estimate of drug-likeness (QED) is 0.189. The summed E-state index contributed by atoms with van der Waals surface area (Å²) in [4.78, 5) is 3.83. The second kappa shape index (κ2) is 3.54. The molecule has 0 aromatic carbocycles. The summed E-state index contributed by atoms with van der Waals surface area (Å²) in [6.45, 7) is 0. The highest BCUT2D eigenvalue weighted by molar-refractivity contribution is 6.00. The van der Waals surface area contributed by atoms with Crippen molar-refractivity contribution >= 4 is 11.7 Å². The van der Waals surface area contributed by atoms with Gasteiger partial charge in [0, 0.05) is 6.20 Å². The van der Waals surface area contributed by atoms with E-state index < -0.39 is 0 Å². The maximum Gasteiger partial charge on any atom is 0.155 e. The molecule has 0 atom stereocenters. The van der Waals surface area contributed by atoms with Crippen LogP contribution < -0.4 is 22.8 Å². The Kier molecular flexibility index (Phi) is 2.44. The molecular weight excluding hydrogens is 156 g/mol. The maximum absolute atomic E-state index is 5.51. The van der Waals surface area contributed by atoms with E-state index in [0.717, 1.165) is 0 Å². The number of nitrogen functional groups attached to an aromatic ring is 1. The summed E-state index contributed by atoms with van der Waals surface area (Å²) in [7, 11) is 0. The van der Waals surface area contributed by atoms with Gasteiger partial charge in [0.2, 0.25) is 0 Å². The van der Waals surface area contributed by atoms with Gasteiger partial charge >= 0.3 is 0 Å². The molecule has 0 spiro atoms. The topological polar surface area (TPSA) is 115 Å². The van der Waals surface area contributed by atoms with E-state index in [0.29, 0.717) is 11.4 Å². The molecule has 7 N–H and O–H groups in total. The molecule has 0 saturated heterocycles. The zero-order valence-corrected chi connectivity index (χ0v) is 6.36. The van der Waals surface area contributed by atoms with Crippen LogP contribution in [0.1, 0.15) is 5.56 Å². The molecule has 12 heavy (non-hydrogen) atoms. The van der Waals surface area contributed by atoms with Crippen LogP contribution in [0.4, 0.5) is 5.82 Å². The normalized spacial score (nSPS) is 11.2. The molecule has 0 saturated carbocycles. The number of anilines is 1. The van der Waals surface area contributed by atoms with E-state index in [9.17, 15) is 0 Å². The second-order valence-electron chi connectivity index (χ2n) is 2.06. The van der Waals surface area contributed by atoms with Crippen molar-refractivity contribution in [3.63, 3.8) is 0 Å². The van der Waals surface area contributed by atoms with Gasteiger partial charge in [-0.2, -0.15) is 0 Å². The van der Waals surface area contributed by atoms with Crippen molar-refractivity contribution in [2.24, 2.45) is 16.7 Å². The molecule has 0 aliphatic heterocycles. The van der Waals surface area contributed by atoms with E-state index in [1.54, 1.807) is 18.3 Å². The summed E-state index contributed by atoms with van der Waals surface area (Å²) in [5.74, 6) is 5.48. The Labute approximate surface area is 69.4 Å². The Balaban J connectivity index is 3.02. The van der Waals surface area contributed by atoms with Crippen molar-refractivity contribution in [3.05, 3.63) is 23.9 Å². The highest BCUT2D eigenvalue weighted by atomic mass is 15.5. The summed E-state index contributed by atoms with van der Waals surface area (Å²) < 4.78 is 0. The smallest absolute Gasteiger partial charge is 0.155 e. The Morgan fingerprint density at radius 3 is 2.92 bits per heavy atom. The van der Waals surface area contributed by atoms with Crippen molar-refractivity contribution < 1.29 is 0 Å². The minimum absolute atomic E-state index is 0.211. The molecule has 64 valence electrons. The number of pyridine rings is 1. The van der Waals surface area contributed by atoms with Crippen LogP contribution in [0.25, 0.3) is 0 Å². The fraction of sp³-hybridized carbons (Fsp3) is 0. The van der Waals surface area contributed by atoms with Gasteiger partial charge in [0.1, 0.15) is 5.82 Å². The number of hydrogen-bond donors (Lipinski definition) is 4. The van der Waals surface area contributed by atoms with Crippen molar-refractivity contribution in [1.82, 2.24) is 10.5 Å². The van der Waals surface area contributed by atoms with Crippen molar-refractivity contribution in [2.45, 2.75) is 0 Å². The zero-order valence-electron chi connectivity index (χ0n) is 6.36.